The first-order valence-electron chi connectivity index (χ1n) is 6.00. The Bertz CT molecular complexity index is 634. The van der Waals surface area contributed by atoms with Crippen molar-refractivity contribution in [3.63, 3.8) is 0 Å². The number of nitriles is 1. The third kappa shape index (κ3) is 4.31. The van der Waals surface area contributed by atoms with Crippen LogP contribution in [0, 0.1) is 22.6 Å². The van der Waals surface area contributed by atoms with E-state index in [4.69, 9.17) is 10.7 Å². The molecule has 0 fully saturated rings. The topological polar surface area (TPSA) is 100 Å². The first kappa shape index (κ1) is 16.2. The highest BCUT2D eigenvalue weighted by atomic mass is 19.1. The van der Waals surface area contributed by atoms with E-state index in [0.29, 0.717) is 0 Å². The molecule has 1 amide bonds. The molecule has 0 spiro atoms. The summed E-state index contributed by atoms with van der Waals surface area (Å²) in [5.41, 5.74) is 0.189. The number of benzene rings is 1. The Morgan fingerprint density at radius 3 is 2.81 bits per heavy atom. The zero-order chi connectivity index (χ0) is 16.0. The highest BCUT2D eigenvalue weighted by Crippen LogP contribution is 2.19. The average Bonchev–Trinajstić information content (AvgIpc) is 2.44. The van der Waals surface area contributed by atoms with E-state index in [-0.39, 0.29) is 23.5 Å². The maximum atomic E-state index is 12.9. The second kappa shape index (κ2) is 7.05. The fourth-order valence-corrected chi connectivity index (χ4v) is 1.60. The molecule has 0 radical (unpaired) electrons. The Hall–Kier alpha value is -2.88. The molecule has 0 aromatic heterocycles. The van der Waals surface area contributed by atoms with Crippen molar-refractivity contribution in [1.29, 1.82) is 10.7 Å². The van der Waals surface area contributed by atoms with Crippen LogP contribution in [0.5, 0.6) is 5.75 Å². The van der Waals surface area contributed by atoms with Gasteiger partial charge in [-0.05, 0) is 18.2 Å². The molecular formula is C14H15FN4O2. The summed E-state index contributed by atoms with van der Waals surface area (Å²) < 4.78 is 12.9. The Labute approximate surface area is 121 Å². The van der Waals surface area contributed by atoms with E-state index in [0.717, 1.165) is 12.1 Å². The van der Waals surface area contributed by atoms with Crippen molar-refractivity contribution in [2.24, 2.45) is 0 Å². The maximum Gasteiger partial charge on any atom is 0.257 e. The second-order valence-electron chi connectivity index (χ2n) is 4.27. The van der Waals surface area contributed by atoms with Crippen LogP contribution in [0.1, 0.15) is 10.4 Å². The quantitative estimate of drug-likeness (QED) is 0.561. The lowest BCUT2D eigenvalue weighted by Crippen LogP contribution is -2.31. The summed E-state index contributed by atoms with van der Waals surface area (Å²) >= 11 is 0. The van der Waals surface area contributed by atoms with Gasteiger partial charge in [-0.1, -0.05) is 0 Å². The van der Waals surface area contributed by atoms with Crippen LogP contribution in [-0.2, 0) is 0 Å². The fourth-order valence-electron chi connectivity index (χ4n) is 1.60. The van der Waals surface area contributed by atoms with Gasteiger partial charge < -0.3 is 20.7 Å². The molecule has 0 unspecified atom stereocenters. The first-order valence-corrected chi connectivity index (χ1v) is 6.00. The molecule has 0 saturated heterocycles. The summed E-state index contributed by atoms with van der Waals surface area (Å²) in [7, 11) is 2.99. The van der Waals surface area contributed by atoms with Crippen molar-refractivity contribution >= 4 is 11.6 Å². The minimum Gasteiger partial charge on any atom is -0.507 e. The monoisotopic (exact) mass is 290 g/mol. The molecule has 0 saturated carbocycles. The van der Waals surface area contributed by atoms with Crippen LogP contribution in [0.25, 0.3) is 0 Å². The molecule has 0 heterocycles. The number of aromatic hydroxyl groups is 1. The van der Waals surface area contributed by atoms with Crippen LogP contribution < -0.4 is 5.32 Å². The van der Waals surface area contributed by atoms with E-state index in [1.54, 1.807) is 7.05 Å². The average molecular weight is 290 g/mol. The molecule has 0 bridgehead atoms. The van der Waals surface area contributed by atoms with Crippen molar-refractivity contribution in [2.75, 3.05) is 20.6 Å². The predicted octanol–water partition coefficient (Wildman–Crippen LogP) is 1.25. The first-order chi connectivity index (χ1) is 9.88. The van der Waals surface area contributed by atoms with Crippen LogP contribution >= 0.6 is 0 Å². The third-order valence-electron chi connectivity index (χ3n) is 2.65. The minimum absolute atomic E-state index is 0.0401. The van der Waals surface area contributed by atoms with E-state index in [1.807, 2.05) is 6.07 Å². The molecular weight excluding hydrogens is 275 g/mol. The number of phenols is 1. The number of rotatable bonds is 5. The van der Waals surface area contributed by atoms with E-state index in [2.05, 4.69) is 5.32 Å². The summed E-state index contributed by atoms with van der Waals surface area (Å²) in [6, 6.07) is 4.95. The van der Waals surface area contributed by atoms with Crippen LogP contribution in [0.15, 0.2) is 30.0 Å². The zero-order valence-corrected chi connectivity index (χ0v) is 11.6. The van der Waals surface area contributed by atoms with Crippen LogP contribution in [-0.4, -0.2) is 42.3 Å². The molecule has 0 aliphatic rings. The number of hydrogen-bond acceptors (Lipinski definition) is 5. The SMILES string of the molecule is CN/C(C#N)=C\C(=N)CN(C)C(=O)c1ccc(F)cc1O. The minimum atomic E-state index is -0.643. The summed E-state index contributed by atoms with van der Waals surface area (Å²) in [4.78, 5) is 13.3. The van der Waals surface area contributed by atoms with E-state index < -0.39 is 17.5 Å². The van der Waals surface area contributed by atoms with Crippen molar-refractivity contribution in [3.05, 3.63) is 41.4 Å². The Kier molecular flexibility index (Phi) is 5.43. The van der Waals surface area contributed by atoms with E-state index in [1.165, 1.54) is 24.1 Å². The fraction of sp³-hybridized carbons (Fsp3) is 0.214. The van der Waals surface area contributed by atoms with Gasteiger partial charge >= 0.3 is 0 Å². The number of nitrogens with zero attached hydrogens (tertiary/aromatic N) is 2. The lowest BCUT2D eigenvalue weighted by atomic mass is 10.1. The van der Waals surface area contributed by atoms with Crippen molar-refractivity contribution < 1.29 is 14.3 Å². The van der Waals surface area contributed by atoms with Crippen molar-refractivity contribution in [1.82, 2.24) is 10.2 Å². The lowest BCUT2D eigenvalue weighted by Gasteiger charge is -2.17. The van der Waals surface area contributed by atoms with Gasteiger partial charge in [-0.3, -0.25) is 4.79 Å². The number of carbonyl (C=O) groups is 1. The molecule has 7 heteroatoms. The van der Waals surface area contributed by atoms with Gasteiger partial charge in [0.05, 0.1) is 17.8 Å². The van der Waals surface area contributed by atoms with Gasteiger partial charge in [0.15, 0.2) is 0 Å². The van der Waals surface area contributed by atoms with Gasteiger partial charge in [0.1, 0.15) is 23.3 Å². The second-order valence-corrected chi connectivity index (χ2v) is 4.27. The summed E-state index contributed by atoms with van der Waals surface area (Å²) in [6.07, 6.45) is 1.30. The van der Waals surface area contributed by atoms with Crippen molar-refractivity contribution in [3.8, 4) is 11.8 Å². The normalized spacial score (nSPS) is 10.7. The molecule has 0 aliphatic carbocycles. The van der Waals surface area contributed by atoms with Crippen molar-refractivity contribution in [2.45, 2.75) is 0 Å². The number of hydrogen-bond donors (Lipinski definition) is 3. The maximum absolute atomic E-state index is 12.9. The van der Waals surface area contributed by atoms with Crippen LogP contribution in [0.4, 0.5) is 4.39 Å². The zero-order valence-electron chi connectivity index (χ0n) is 11.6. The van der Waals surface area contributed by atoms with E-state index in [9.17, 15) is 14.3 Å². The molecule has 3 N–H and O–H groups in total. The molecule has 0 atom stereocenters. The highest BCUT2D eigenvalue weighted by Gasteiger charge is 2.17. The number of halogens is 1. The van der Waals surface area contributed by atoms with Gasteiger partial charge in [-0.25, -0.2) is 4.39 Å². The lowest BCUT2D eigenvalue weighted by molar-refractivity contribution is 0.0812. The van der Waals surface area contributed by atoms with Gasteiger partial charge in [0.2, 0.25) is 0 Å². The Morgan fingerprint density at radius 2 is 2.29 bits per heavy atom. The van der Waals surface area contributed by atoms with Gasteiger partial charge in [0.25, 0.3) is 5.91 Å². The summed E-state index contributed by atoms with van der Waals surface area (Å²) in [6.45, 7) is -0.0531. The smallest absolute Gasteiger partial charge is 0.257 e. The predicted molar refractivity (Wildman–Crippen MR) is 75.5 cm³/mol. The highest BCUT2D eigenvalue weighted by molar-refractivity contribution is 6.01. The Morgan fingerprint density at radius 1 is 1.62 bits per heavy atom. The molecule has 21 heavy (non-hydrogen) atoms. The number of amides is 1. The third-order valence-corrected chi connectivity index (χ3v) is 2.65. The van der Waals surface area contributed by atoms with Gasteiger partial charge in [-0.15, -0.1) is 0 Å². The standard InChI is InChI=1S/C14H15FN4O2/c1-18-11(7-16)6-10(17)8-19(2)14(21)12-4-3-9(15)5-13(12)20/h3-6,17-18,20H,8H2,1-2H3/b11-6-,17-10?. The molecule has 1 aromatic rings. The summed E-state index contributed by atoms with van der Waals surface area (Å²) in [5.74, 6) is -1.65. The molecule has 0 aliphatic heterocycles. The number of carbonyl (C=O) groups excluding carboxylic acids is 1. The molecule has 1 rings (SSSR count). The van der Waals surface area contributed by atoms with E-state index >= 15 is 0 Å². The largest absolute Gasteiger partial charge is 0.507 e. The van der Waals surface area contributed by atoms with Crippen LogP contribution in [0.3, 0.4) is 0 Å². The molecule has 1 aromatic carbocycles. The number of nitrogens with one attached hydrogen (secondary N) is 2. The molecule has 110 valence electrons. The van der Waals surface area contributed by atoms with Crippen LogP contribution in [0.2, 0.25) is 0 Å². The van der Waals surface area contributed by atoms with Gasteiger partial charge in [0, 0.05) is 20.2 Å². The summed E-state index contributed by atoms with van der Waals surface area (Å²) in [5, 5.41) is 28.6. The molecule has 6 nitrogen and oxygen atoms in total. The van der Waals surface area contributed by atoms with Gasteiger partial charge in [-0.2, -0.15) is 5.26 Å². The number of phenolic OH excluding ortho intramolecular Hbond substituents is 1. The number of allylic oxidation sites excluding steroid dienone is 1. The Balaban J connectivity index is 2.82.